The predicted molar refractivity (Wildman–Crippen MR) is 124 cm³/mol. The third kappa shape index (κ3) is 12.1. The van der Waals surface area contributed by atoms with E-state index < -0.39 is 14.6 Å². The Hall–Kier alpha value is -2.06. The topological polar surface area (TPSA) is 79.8 Å². The summed E-state index contributed by atoms with van der Waals surface area (Å²) in [7, 11) is -2.94. The van der Waals surface area contributed by atoms with Crippen LogP contribution in [0.15, 0.2) is 42.5 Å². The highest BCUT2D eigenvalue weighted by molar-refractivity contribution is 7.32. The van der Waals surface area contributed by atoms with Gasteiger partial charge in [-0.1, -0.05) is 42.3 Å². The van der Waals surface area contributed by atoms with Crippen LogP contribution in [0, 0.1) is 6.92 Å². The van der Waals surface area contributed by atoms with Gasteiger partial charge in [0.15, 0.2) is 5.75 Å². The van der Waals surface area contributed by atoms with Crippen LogP contribution in [0.4, 0.5) is 18.9 Å². The molecule has 0 aliphatic rings. The summed E-state index contributed by atoms with van der Waals surface area (Å²) in [6, 6.07) is 13.1. The van der Waals surface area contributed by atoms with Crippen LogP contribution in [0.3, 0.4) is 0 Å². The number of nitrogens with one attached hydrogen (secondary N) is 2. The van der Waals surface area contributed by atoms with Gasteiger partial charge in [0.1, 0.15) is 0 Å². The van der Waals surface area contributed by atoms with Crippen molar-refractivity contribution in [2.24, 2.45) is 0 Å². The Balaban J connectivity index is 1.78. The summed E-state index contributed by atoms with van der Waals surface area (Å²) in [5.41, 5.74) is 3.45. The maximum Gasteiger partial charge on any atom is 0.573 e. The van der Waals surface area contributed by atoms with Crippen molar-refractivity contribution in [1.82, 2.24) is 5.32 Å². The molecule has 6 nitrogen and oxygen atoms in total. The number of rotatable bonds is 15. The van der Waals surface area contributed by atoms with E-state index in [1.807, 2.05) is 0 Å². The second-order valence-electron chi connectivity index (χ2n) is 7.75. The fourth-order valence-electron chi connectivity index (χ4n) is 3.23. The first-order valence-corrected chi connectivity index (χ1v) is 12.2. The van der Waals surface area contributed by atoms with E-state index in [1.54, 1.807) is 12.1 Å². The quantitative estimate of drug-likeness (QED) is 0.224. The number of halogens is 3. The first kappa shape index (κ1) is 27.2. The van der Waals surface area contributed by atoms with Crippen molar-refractivity contribution < 1.29 is 31.9 Å². The summed E-state index contributed by atoms with van der Waals surface area (Å²) >= 11 is 0. The second kappa shape index (κ2) is 14.3. The molecule has 3 N–H and O–H groups in total. The van der Waals surface area contributed by atoms with Crippen LogP contribution in [0.25, 0.3) is 0 Å². The summed E-state index contributed by atoms with van der Waals surface area (Å²) in [5.74, 6) is -0.260. The summed E-state index contributed by atoms with van der Waals surface area (Å²) in [6.45, 7) is 3.57. The zero-order chi connectivity index (χ0) is 24.1. The van der Waals surface area contributed by atoms with E-state index in [1.165, 1.54) is 17.2 Å². The maximum atomic E-state index is 12.9. The van der Waals surface area contributed by atoms with Crippen LogP contribution in [0.1, 0.15) is 42.4 Å². The molecule has 1 atom stereocenters. The summed E-state index contributed by atoms with van der Waals surface area (Å²) in [5, 5.41) is 6.11. The van der Waals surface area contributed by atoms with E-state index in [4.69, 9.17) is 4.89 Å². The molecule has 0 aromatic heterocycles. The van der Waals surface area contributed by atoms with E-state index in [0.717, 1.165) is 25.7 Å². The van der Waals surface area contributed by atoms with Crippen molar-refractivity contribution >= 4 is 13.9 Å². The molecule has 0 heterocycles. The molecule has 0 fully saturated rings. The maximum absolute atomic E-state index is 12.9. The smallest absolute Gasteiger partial charge is 0.404 e. The number of anilines is 1. The van der Waals surface area contributed by atoms with Gasteiger partial charge < -0.3 is 24.8 Å². The second-order valence-corrected chi connectivity index (χ2v) is 8.57. The minimum atomic E-state index is -4.78. The lowest BCUT2D eigenvalue weighted by molar-refractivity contribution is -0.274. The number of ether oxygens (including phenoxy) is 1. The Kier molecular flexibility index (Phi) is 11.7. The van der Waals surface area contributed by atoms with Crippen LogP contribution in [-0.4, -0.2) is 31.0 Å². The predicted octanol–water partition coefficient (Wildman–Crippen LogP) is 5.60. The number of hydrogen-bond donors (Lipinski definition) is 3. The molecule has 0 spiro atoms. The number of benzene rings is 2. The number of aryl methyl sites for hydroxylation is 2. The van der Waals surface area contributed by atoms with E-state index in [9.17, 15) is 17.7 Å². The number of hydrogen-bond acceptors (Lipinski definition) is 5. The van der Waals surface area contributed by atoms with Gasteiger partial charge in [-0.2, -0.15) is 0 Å². The molecule has 10 heteroatoms. The largest absolute Gasteiger partial charge is 0.573 e. The minimum absolute atomic E-state index is 0.137. The molecule has 1 unspecified atom stereocenters. The molecule has 0 saturated carbocycles. The van der Waals surface area contributed by atoms with Gasteiger partial charge in [-0.25, -0.2) is 0 Å². The van der Waals surface area contributed by atoms with E-state index in [0.29, 0.717) is 37.3 Å². The lowest BCUT2D eigenvalue weighted by Gasteiger charge is -2.16. The highest BCUT2D eigenvalue weighted by Crippen LogP contribution is 2.31. The molecular weight excluding hydrogens is 456 g/mol. The molecular formula is C23H32F3N2O4P. The van der Waals surface area contributed by atoms with Gasteiger partial charge in [-0.15, -0.1) is 13.2 Å². The van der Waals surface area contributed by atoms with Crippen molar-refractivity contribution in [3.05, 3.63) is 59.2 Å². The average molecular weight is 488 g/mol. The first-order chi connectivity index (χ1) is 15.7. The third-order valence-electron chi connectivity index (χ3n) is 4.90. The van der Waals surface area contributed by atoms with E-state index in [-0.39, 0.29) is 12.4 Å². The monoisotopic (exact) mass is 488 g/mol. The van der Waals surface area contributed by atoms with Crippen molar-refractivity contribution in [2.45, 2.75) is 51.9 Å². The molecule has 2 rings (SSSR count). The molecule has 0 radical (unpaired) electrons. The van der Waals surface area contributed by atoms with Crippen LogP contribution >= 0.6 is 8.25 Å². The number of alkyl halides is 3. The fraction of sp³-hybridized carbons (Fsp3) is 0.478. The van der Waals surface area contributed by atoms with Crippen molar-refractivity contribution in [2.75, 3.05) is 25.0 Å². The van der Waals surface area contributed by atoms with Crippen LogP contribution in [0.2, 0.25) is 0 Å². The summed E-state index contributed by atoms with van der Waals surface area (Å²) in [6.07, 6.45) is -0.477. The van der Waals surface area contributed by atoms with Gasteiger partial charge in [-0.3, -0.25) is 4.57 Å². The Morgan fingerprint density at radius 1 is 0.970 bits per heavy atom. The van der Waals surface area contributed by atoms with E-state index >= 15 is 0 Å². The Labute approximate surface area is 193 Å². The van der Waals surface area contributed by atoms with Gasteiger partial charge in [0, 0.05) is 13.1 Å². The Morgan fingerprint density at radius 3 is 2.39 bits per heavy atom. The molecule has 33 heavy (non-hydrogen) atoms. The molecule has 0 bridgehead atoms. The highest BCUT2D eigenvalue weighted by Gasteiger charge is 2.32. The lowest BCUT2D eigenvalue weighted by atomic mass is 10.1. The average Bonchev–Trinajstić information content (AvgIpc) is 2.74. The third-order valence-corrected chi connectivity index (χ3v) is 5.35. The van der Waals surface area contributed by atoms with Crippen LogP contribution < -0.4 is 15.4 Å². The molecule has 0 aliphatic heterocycles. The number of unbranched alkanes of at least 4 members (excludes halogenated alkanes) is 2. The summed E-state index contributed by atoms with van der Waals surface area (Å²) < 4.78 is 57.8. The highest BCUT2D eigenvalue weighted by atomic mass is 31.1. The SMILES string of the molecule is Cc1ccc(CCCCCNc2ccc(CNCCCO[PH](=O)O)cc2OC(F)(F)F)cc1. The van der Waals surface area contributed by atoms with Gasteiger partial charge in [-0.05, 0) is 62.4 Å². The van der Waals surface area contributed by atoms with Gasteiger partial charge in [0.2, 0.25) is 0 Å². The first-order valence-electron chi connectivity index (χ1n) is 11.0. The van der Waals surface area contributed by atoms with Gasteiger partial charge in [0.05, 0.1) is 12.3 Å². The van der Waals surface area contributed by atoms with Crippen LogP contribution in [0.5, 0.6) is 5.75 Å². The van der Waals surface area contributed by atoms with Crippen molar-refractivity contribution in [1.29, 1.82) is 0 Å². The van der Waals surface area contributed by atoms with Crippen molar-refractivity contribution in [3.63, 3.8) is 0 Å². The van der Waals surface area contributed by atoms with E-state index in [2.05, 4.69) is 51.1 Å². The molecule has 0 aliphatic carbocycles. The molecule has 2 aromatic carbocycles. The standard InChI is InChI=1S/C23H32F3N2O4P/c1-18-7-9-19(10-8-18)6-3-2-4-14-28-21-12-11-20(16-22(21)32-23(24,25)26)17-27-13-5-15-31-33(29)30/h7-12,16,27-28,33H,2-6,13-15,17H2,1H3,(H,29,30). The minimum Gasteiger partial charge on any atom is -0.404 e. The van der Waals surface area contributed by atoms with Crippen LogP contribution in [-0.2, 0) is 22.1 Å². The van der Waals surface area contributed by atoms with Gasteiger partial charge in [0.25, 0.3) is 0 Å². The van der Waals surface area contributed by atoms with Gasteiger partial charge >= 0.3 is 14.6 Å². The molecule has 0 amide bonds. The fourth-order valence-corrected chi connectivity index (χ4v) is 3.55. The normalized spacial score (nSPS) is 12.5. The zero-order valence-electron chi connectivity index (χ0n) is 18.7. The van der Waals surface area contributed by atoms with Crippen molar-refractivity contribution in [3.8, 4) is 5.75 Å². The molecule has 2 aromatic rings. The molecule has 0 saturated heterocycles. The molecule has 184 valence electrons. The Morgan fingerprint density at radius 2 is 1.70 bits per heavy atom. The summed E-state index contributed by atoms with van der Waals surface area (Å²) in [4.78, 5) is 8.59. The lowest BCUT2D eigenvalue weighted by Crippen LogP contribution is -2.19. The Bertz CT molecular complexity index is 864. The zero-order valence-corrected chi connectivity index (χ0v) is 19.7.